The van der Waals surface area contributed by atoms with E-state index in [-0.39, 0.29) is 23.7 Å². The van der Waals surface area contributed by atoms with Crippen molar-refractivity contribution in [1.29, 1.82) is 0 Å². The third-order valence-corrected chi connectivity index (χ3v) is 26.8. The van der Waals surface area contributed by atoms with Gasteiger partial charge >= 0.3 is 0 Å². The fourth-order valence-electron chi connectivity index (χ4n) is 12.0. The molecule has 0 unspecified atom stereocenters. The number of rotatable bonds is 14. The van der Waals surface area contributed by atoms with Crippen LogP contribution in [0.25, 0.3) is 0 Å². The molecule has 3 aliphatic carbocycles. The maximum absolute atomic E-state index is 10.5. The van der Waals surface area contributed by atoms with E-state index in [2.05, 4.69) is 119 Å². The smallest absolute Gasteiger partial charge is 0.201 e. The first-order valence-corrected chi connectivity index (χ1v) is 25.4. The van der Waals surface area contributed by atoms with Gasteiger partial charge in [-0.1, -0.05) is 120 Å². The van der Waals surface area contributed by atoms with Gasteiger partial charge in [0.1, 0.15) is 11.3 Å². The molecule has 0 bridgehead atoms. The van der Waals surface area contributed by atoms with E-state index < -0.39 is 22.2 Å². The summed E-state index contributed by atoms with van der Waals surface area (Å²) in [6.45, 7) is 42.0. The summed E-state index contributed by atoms with van der Waals surface area (Å²) in [5.41, 5.74) is 7.15. The van der Waals surface area contributed by atoms with Gasteiger partial charge in [0, 0.05) is 6.42 Å². The molecule has 1 N–H and O–H groups in total. The number of aliphatic hydroxyl groups is 1. The zero-order valence-corrected chi connectivity index (χ0v) is 38.3. The number of aromatic nitrogens is 3. The highest BCUT2D eigenvalue weighted by molar-refractivity contribution is 6.78. The predicted octanol–water partition coefficient (Wildman–Crippen LogP) is 12.6. The summed E-state index contributed by atoms with van der Waals surface area (Å²) in [5.74, 6) is 1.07. The molecule has 296 valence electrons. The van der Waals surface area contributed by atoms with Crippen LogP contribution in [0.4, 0.5) is 0 Å². The van der Waals surface area contributed by atoms with Crippen molar-refractivity contribution in [2.45, 2.75) is 213 Å². The molecule has 0 radical (unpaired) electrons. The van der Waals surface area contributed by atoms with E-state index in [0.29, 0.717) is 50.8 Å². The molecule has 0 amide bonds. The van der Waals surface area contributed by atoms with Crippen molar-refractivity contribution in [3.8, 4) is 0 Å². The van der Waals surface area contributed by atoms with E-state index in [1.807, 2.05) is 10.9 Å². The Morgan fingerprint density at radius 2 is 1.40 bits per heavy atom. The average molecular weight is 754 g/mol. The summed E-state index contributed by atoms with van der Waals surface area (Å²) in [6.07, 6.45) is 14.9. The summed E-state index contributed by atoms with van der Waals surface area (Å²) >= 11 is 0. The minimum atomic E-state index is -2.15. The zero-order chi connectivity index (χ0) is 39.1. The molecule has 6 nitrogen and oxygen atoms in total. The highest BCUT2D eigenvalue weighted by Crippen LogP contribution is 2.60. The van der Waals surface area contributed by atoms with Crippen LogP contribution in [0.2, 0.25) is 33.2 Å². The topological polar surface area (TPSA) is 69.4 Å². The van der Waals surface area contributed by atoms with E-state index in [4.69, 9.17) is 15.4 Å². The first kappa shape index (κ1) is 43.4. The van der Waals surface area contributed by atoms with Crippen molar-refractivity contribution in [1.82, 2.24) is 15.0 Å². The van der Waals surface area contributed by atoms with Crippen LogP contribution in [0, 0.1) is 17.3 Å². The average Bonchev–Trinajstić information content (AvgIpc) is 3.67. The third-order valence-electron chi connectivity index (χ3n) is 14.5. The highest BCUT2D eigenvalue weighted by atomic mass is 28.4. The molecular formula is C44H79N3O3Si2. The summed E-state index contributed by atoms with van der Waals surface area (Å²) < 4.78 is 17.2. The van der Waals surface area contributed by atoms with Gasteiger partial charge in [-0.3, -0.25) is 0 Å². The van der Waals surface area contributed by atoms with Crippen LogP contribution in [-0.4, -0.2) is 48.9 Å². The quantitative estimate of drug-likeness (QED) is 0.192. The number of nitrogens with zero attached hydrogens (tertiary/aromatic N) is 3. The van der Waals surface area contributed by atoms with Crippen LogP contribution in [0.5, 0.6) is 0 Å². The molecular weight excluding hydrogens is 675 g/mol. The number of allylic oxidation sites excluding steroid dienone is 3. The SMILES string of the molecule is C=C1/C(=C\C=C2CCC[C@]3(C)[C@@H]([C@H](C)n4cc(C(C)(C)O)nn4)CC[C@@H]23)C[C@H](O[Si](C(C)C)(C(C)C)C(C)C)C[C@H]1O[Si](C(C)C)(C(C)C)C(C)C. The molecule has 52 heavy (non-hydrogen) atoms. The number of fused-ring (bicyclic) bond motifs is 1. The lowest BCUT2D eigenvalue weighted by molar-refractivity contribution is 0.0735. The van der Waals surface area contributed by atoms with Crippen LogP contribution in [0.3, 0.4) is 0 Å². The second-order valence-electron chi connectivity index (χ2n) is 19.9. The maximum Gasteiger partial charge on any atom is 0.201 e. The van der Waals surface area contributed by atoms with Crippen molar-refractivity contribution in [3.05, 3.63) is 47.3 Å². The molecule has 3 fully saturated rings. The number of hydrogen-bond acceptors (Lipinski definition) is 5. The van der Waals surface area contributed by atoms with Crippen LogP contribution in [0.1, 0.15) is 167 Å². The predicted molar refractivity (Wildman–Crippen MR) is 225 cm³/mol. The number of hydrogen-bond donors (Lipinski definition) is 1. The molecule has 0 spiro atoms. The van der Waals surface area contributed by atoms with Crippen molar-refractivity contribution in [3.63, 3.8) is 0 Å². The van der Waals surface area contributed by atoms with Gasteiger partial charge in [-0.15, -0.1) is 5.10 Å². The fraction of sp³-hybridized carbons (Fsp3) is 0.818. The summed E-state index contributed by atoms with van der Waals surface area (Å²) in [6, 6.07) is 0.227. The van der Waals surface area contributed by atoms with E-state index in [1.165, 1.54) is 36.8 Å². The second-order valence-corrected chi connectivity index (χ2v) is 30.7. The van der Waals surface area contributed by atoms with Gasteiger partial charge in [-0.2, -0.15) is 0 Å². The normalized spacial score (nSPS) is 28.9. The van der Waals surface area contributed by atoms with Crippen LogP contribution >= 0.6 is 0 Å². The van der Waals surface area contributed by atoms with Crippen LogP contribution in [0.15, 0.2) is 41.6 Å². The molecule has 6 atom stereocenters. The Kier molecular flexibility index (Phi) is 13.7. The van der Waals surface area contributed by atoms with Crippen molar-refractivity contribution < 1.29 is 14.0 Å². The Balaban J connectivity index is 1.70. The molecule has 1 aromatic rings. The Morgan fingerprint density at radius 1 is 0.865 bits per heavy atom. The van der Waals surface area contributed by atoms with Crippen molar-refractivity contribution >= 4 is 16.6 Å². The minimum absolute atomic E-state index is 0.00902. The molecule has 1 heterocycles. The Morgan fingerprint density at radius 3 is 1.90 bits per heavy atom. The van der Waals surface area contributed by atoms with Gasteiger partial charge in [0.05, 0.1) is 24.4 Å². The Hall–Kier alpha value is -1.33. The van der Waals surface area contributed by atoms with E-state index in [1.54, 1.807) is 19.4 Å². The molecule has 0 saturated heterocycles. The van der Waals surface area contributed by atoms with Crippen LogP contribution in [-0.2, 0) is 14.5 Å². The minimum Gasteiger partial charge on any atom is -0.413 e. The monoisotopic (exact) mass is 754 g/mol. The molecule has 0 aromatic carbocycles. The summed E-state index contributed by atoms with van der Waals surface area (Å²) in [5, 5.41) is 19.4. The van der Waals surface area contributed by atoms with Crippen molar-refractivity contribution in [2.24, 2.45) is 17.3 Å². The zero-order valence-electron chi connectivity index (χ0n) is 36.3. The van der Waals surface area contributed by atoms with E-state index >= 15 is 0 Å². The van der Waals surface area contributed by atoms with E-state index in [0.717, 1.165) is 19.3 Å². The maximum atomic E-state index is 10.5. The highest BCUT2D eigenvalue weighted by Gasteiger charge is 2.53. The van der Waals surface area contributed by atoms with Gasteiger partial charge in [0.15, 0.2) is 0 Å². The lowest BCUT2D eigenvalue weighted by Crippen LogP contribution is -2.54. The van der Waals surface area contributed by atoms with Gasteiger partial charge in [-0.25, -0.2) is 4.68 Å². The third kappa shape index (κ3) is 8.13. The first-order valence-electron chi connectivity index (χ1n) is 21.1. The molecule has 3 saturated carbocycles. The van der Waals surface area contributed by atoms with E-state index in [9.17, 15) is 5.11 Å². The van der Waals surface area contributed by atoms with Gasteiger partial charge in [-0.05, 0) is 121 Å². The standard InChI is InChI=1S/C44H79N3O3Si2/c1-28(2)51(29(3)4,30(5)6)49-38-25-37(34(13)41(26-38)50-52(31(7)8,32(9)10)33(11)12)21-20-36-19-18-24-44(17)39(22-23-40(36)44)35(14)47-27-42(45-46-47)43(15,16)48/h20-21,27-33,35,38-41,48H,13,18-19,22-26H2,1-12,14-17H3/b36-20?,37-21-/t35-,38-,39+,40-,41+,44+/m0/s1. The van der Waals surface area contributed by atoms with Gasteiger partial charge in [0.25, 0.3) is 0 Å². The second kappa shape index (κ2) is 16.4. The van der Waals surface area contributed by atoms with Crippen LogP contribution < -0.4 is 0 Å². The summed E-state index contributed by atoms with van der Waals surface area (Å²) in [7, 11) is -4.25. The molecule has 3 aliphatic rings. The van der Waals surface area contributed by atoms with Gasteiger partial charge < -0.3 is 14.0 Å². The fourth-order valence-corrected chi connectivity index (χ4v) is 23.1. The molecule has 4 rings (SSSR count). The van der Waals surface area contributed by atoms with Crippen molar-refractivity contribution in [2.75, 3.05) is 0 Å². The largest absolute Gasteiger partial charge is 0.413 e. The molecule has 1 aromatic heterocycles. The first-order chi connectivity index (χ1) is 24.0. The molecule has 8 heteroatoms. The summed E-state index contributed by atoms with van der Waals surface area (Å²) in [4.78, 5) is 0. The lowest BCUT2D eigenvalue weighted by Gasteiger charge is -2.49. The van der Waals surface area contributed by atoms with Gasteiger partial charge in [0.2, 0.25) is 16.6 Å². The lowest BCUT2D eigenvalue weighted by atomic mass is 9.62. The Bertz CT molecular complexity index is 1390. The Labute approximate surface area is 321 Å². The molecule has 0 aliphatic heterocycles.